The smallest absolute Gasteiger partial charge is 0.273 e. The van der Waals surface area contributed by atoms with Gasteiger partial charge in [0.15, 0.2) is 0 Å². The molecule has 5 nitrogen and oxygen atoms in total. The zero-order valence-corrected chi connectivity index (χ0v) is 19.0. The summed E-state index contributed by atoms with van der Waals surface area (Å²) in [6, 6.07) is 17.3. The second-order valence-corrected chi connectivity index (χ2v) is 9.73. The Balaban J connectivity index is 1.24. The summed E-state index contributed by atoms with van der Waals surface area (Å²) in [6.07, 6.45) is 4.27. The summed E-state index contributed by atoms with van der Waals surface area (Å²) < 4.78 is 15.4. The van der Waals surface area contributed by atoms with E-state index in [1.807, 2.05) is 48.0 Å². The van der Waals surface area contributed by atoms with Gasteiger partial charge in [0, 0.05) is 31.2 Å². The van der Waals surface area contributed by atoms with Gasteiger partial charge in [-0.25, -0.2) is 9.07 Å². The van der Waals surface area contributed by atoms with Crippen molar-refractivity contribution < 1.29 is 9.18 Å². The van der Waals surface area contributed by atoms with Gasteiger partial charge >= 0.3 is 0 Å². The van der Waals surface area contributed by atoms with Crippen LogP contribution < -0.4 is 0 Å². The summed E-state index contributed by atoms with van der Waals surface area (Å²) in [6.45, 7) is 4.64. The molecular formula is C27H29FN4O. The molecule has 6 heteroatoms. The Morgan fingerprint density at radius 3 is 2.45 bits per heavy atom. The van der Waals surface area contributed by atoms with E-state index in [2.05, 4.69) is 9.80 Å². The quantitative estimate of drug-likeness (QED) is 0.563. The fourth-order valence-corrected chi connectivity index (χ4v) is 5.76. The first-order chi connectivity index (χ1) is 16.1. The maximum absolute atomic E-state index is 13.9. The highest BCUT2D eigenvalue weighted by atomic mass is 19.1. The average molecular weight is 445 g/mol. The van der Waals surface area contributed by atoms with E-state index in [4.69, 9.17) is 5.10 Å². The zero-order chi connectivity index (χ0) is 22.5. The predicted octanol–water partition coefficient (Wildman–Crippen LogP) is 4.89. The lowest BCUT2D eigenvalue weighted by Gasteiger charge is -2.40. The fraction of sp³-hybridized carbons (Fsp3) is 0.407. The number of piperidine rings is 1. The van der Waals surface area contributed by atoms with E-state index in [0.29, 0.717) is 5.92 Å². The number of amides is 1. The van der Waals surface area contributed by atoms with E-state index in [-0.39, 0.29) is 23.8 Å². The molecule has 1 atom stereocenters. The van der Waals surface area contributed by atoms with Crippen molar-refractivity contribution in [3.63, 3.8) is 0 Å². The summed E-state index contributed by atoms with van der Waals surface area (Å²) in [5.74, 6) is 0.500. The van der Waals surface area contributed by atoms with Gasteiger partial charge in [-0.1, -0.05) is 30.3 Å². The number of hydrogen-bond donors (Lipinski definition) is 0. The van der Waals surface area contributed by atoms with Crippen LogP contribution in [0.4, 0.5) is 4.39 Å². The highest BCUT2D eigenvalue weighted by molar-refractivity contribution is 5.99. The third-order valence-electron chi connectivity index (χ3n) is 7.45. The van der Waals surface area contributed by atoms with E-state index in [1.165, 1.54) is 18.9 Å². The summed E-state index contributed by atoms with van der Waals surface area (Å²) in [5, 5.41) is 4.79. The average Bonchev–Trinajstić information content (AvgIpc) is 3.54. The molecule has 170 valence electrons. The molecular weight excluding hydrogens is 415 g/mol. The molecule has 2 fully saturated rings. The first kappa shape index (κ1) is 20.6. The number of para-hydroxylation sites is 1. The molecule has 2 aliphatic heterocycles. The normalized spacial score (nSPS) is 21.6. The first-order valence-corrected chi connectivity index (χ1v) is 12.0. The van der Waals surface area contributed by atoms with Gasteiger partial charge in [0.05, 0.1) is 17.4 Å². The Hall–Kier alpha value is -2.99. The second kappa shape index (κ2) is 8.10. The lowest BCUT2D eigenvalue weighted by Crippen LogP contribution is -2.47. The number of halogens is 1. The Kier molecular flexibility index (Phi) is 5.06. The summed E-state index contributed by atoms with van der Waals surface area (Å²) in [4.78, 5) is 18.4. The number of fused-ring (bicyclic) bond motifs is 1. The fourth-order valence-electron chi connectivity index (χ4n) is 5.76. The van der Waals surface area contributed by atoms with Crippen LogP contribution in [0.2, 0.25) is 0 Å². The summed E-state index contributed by atoms with van der Waals surface area (Å²) in [7, 11) is 0. The predicted molar refractivity (Wildman–Crippen MR) is 125 cm³/mol. The van der Waals surface area contributed by atoms with Crippen molar-refractivity contribution in [2.45, 2.75) is 51.2 Å². The van der Waals surface area contributed by atoms with Crippen molar-refractivity contribution in [3.05, 3.63) is 82.9 Å². The molecule has 3 aromatic rings. The number of benzene rings is 2. The van der Waals surface area contributed by atoms with Crippen molar-refractivity contribution in [2.24, 2.45) is 5.92 Å². The van der Waals surface area contributed by atoms with Crippen molar-refractivity contribution in [1.29, 1.82) is 0 Å². The van der Waals surface area contributed by atoms with E-state index < -0.39 is 0 Å². The van der Waals surface area contributed by atoms with Gasteiger partial charge in [0.1, 0.15) is 11.5 Å². The van der Waals surface area contributed by atoms with Crippen molar-refractivity contribution in [2.75, 3.05) is 13.1 Å². The minimum absolute atomic E-state index is 0.134. The molecule has 2 aromatic carbocycles. The molecule has 3 aliphatic rings. The van der Waals surface area contributed by atoms with Gasteiger partial charge in [-0.05, 0) is 68.4 Å². The first-order valence-electron chi connectivity index (χ1n) is 12.0. The van der Waals surface area contributed by atoms with Gasteiger partial charge in [0.2, 0.25) is 0 Å². The van der Waals surface area contributed by atoms with E-state index in [1.54, 1.807) is 12.1 Å². The molecule has 1 saturated carbocycles. The van der Waals surface area contributed by atoms with Gasteiger partial charge in [0.25, 0.3) is 5.91 Å². The van der Waals surface area contributed by atoms with Crippen LogP contribution in [0.3, 0.4) is 0 Å². The number of aryl methyl sites for hydroxylation is 1. The maximum Gasteiger partial charge on any atom is 0.273 e. The van der Waals surface area contributed by atoms with Crippen LogP contribution >= 0.6 is 0 Å². The Morgan fingerprint density at radius 1 is 1.00 bits per heavy atom. The molecule has 0 bridgehead atoms. The maximum atomic E-state index is 13.9. The highest BCUT2D eigenvalue weighted by Gasteiger charge is 2.51. The second-order valence-electron chi connectivity index (χ2n) is 9.73. The van der Waals surface area contributed by atoms with E-state index >= 15 is 0 Å². The number of rotatable bonds is 5. The highest BCUT2D eigenvalue weighted by Crippen LogP contribution is 2.52. The summed E-state index contributed by atoms with van der Waals surface area (Å²) in [5.41, 5.74) is 4.83. The van der Waals surface area contributed by atoms with Crippen molar-refractivity contribution in [1.82, 2.24) is 19.6 Å². The van der Waals surface area contributed by atoms with Gasteiger partial charge in [-0.15, -0.1) is 0 Å². The topological polar surface area (TPSA) is 41.4 Å². The van der Waals surface area contributed by atoms with Crippen LogP contribution in [-0.2, 0) is 6.54 Å². The molecule has 0 radical (unpaired) electrons. The van der Waals surface area contributed by atoms with Crippen LogP contribution in [-0.4, -0.2) is 44.6 Å². The van der Waals surface area contributed by atoms with Crippen LogP contribution in [0.15, 0.2) is 54.6 Å². The molecule has 0 spiro atoms. The minimum atomic E-state index is -0.182. The molecule has 6 rings (SSSR count). The standard InChI is InChI=1S/C27H29FN4O/c1-18-24-25(20-10-11-20)31(27(33)26(24)32(29-18)23-8-3-2-4-9-23)22-12-14-30(15-13-22)17-19-6-5-7-21(28)16-19/h2-9,16,20,22,25H,10-15,17H2,1H3. The van der Waals surface area contributed by atoms with Crippen LogP contribution in [0.25, 0.3) is 5.69 Å². The lowest BCUT2D eigenvalue weighted by molar-refractivity contribution is 0.0448. The monoisotopic (exact) mass is 444 g/mol. The Bertz CT molecular complexity index is 1180. The van der Waals surface area contributed by atoms with Crippen molar-refractivity contribution >= 4 is 5.91 Å². The molecule has 1 unspecified atom stereocenters. The van der Waals surface area contributed by atoms with E-state index in [9.17, 15) is 9.18 Å². The molecule has 1 amide bonds. The molecule has 0 N–H and O–H groups in total. The van der Waals surface area contributed by atoms with E-state index in [0.717, 1.165) is 60.7 Å². The van der Waals surface area contributed by atoms with Gasteiger partial charge in [-0.3, -0.25) is 9.69 Å². The molecule has 1 aromatic heterocycles. The molecule has 33 heavy (non-hydrogen) atoms. The molecule has 3 heterocycles. The zero-order valence-electron chi connectivity index (χ0n) is 19.0. The molecule has 1 saturated heterocycles. The van der Waals surface area contributed by atoms with Crippen molar-refractivity contribution in [3.8, 4) is 5.69 Å². The number of carbonyl (C=O) groups is 1. The third-order valence-corrected chi connectivity index (χ3v) is 7.45. The van der Waals surface area contributed by atoms with Crippen LogP contribution in [0, 0.1) is 18.7 Å². The number of carbonyl (C=O) groups excluding carboxylic acids is 1. The largest absolute Gasteiger partial charge is 0.327 e. The number of likely N-dealkylation sites (tertiary alicyclic amines) is 1. The van der Waals surface area contributed by atoms with Crippen LogP contribution in [0.5, 0.6) is 0 Å². The number of aromatic nitrogens is 2. The minimum Gasteiger partial charge on any atom is -0.327 e. The Labute approximate surface area is 193 Å². The number of hydrogen-bond acceptors (Lipinski definition) is 3. The lowest BCUT2D eigenvalue weighted by atomic mass is 9.98. The van der Waals surface area contributed by atoms with Crippen LogP contribution in [0.1, 0.15) is 59.0 Å². The third kappa shape index (κ3) is 3.66. The molecule has 1 aliphatic carbocycles. The van der Waals surface area contributed by atoms with Gasteiger partial charge in [-0.2, -0.15) is 5.10 Å². The SMILES string of the molecule is Cc1nn(-c2ccccc2)c2c1C(C1CC1)N(C1CCN(Cc3cccc(F)c3)CC1)C2=O. The Morgan fingerprint density at radius 2 is 1.76 bits per heavy atom. The number of nitrogens with zero attached hydrogens (tertiary/aromatic N) is 4. The summed E-state index contributed by atoms with van der Waals surface area (Å²) >= 11 is 0. The van der Waals surface area contributed by atoms with Gasteiger partial charge < -0.3 is 4.90 Å².